The molecule has 94 valence electrons. The molecule has 1 fully saturated rings. The van der Waals surface area contributed by atoms with E-state index in [-0.39, 0.29) is 0 Å². The molecule has 0 amide bonds. The number of aliphatic hydroxyl groups is 1. The lowest BCUT2D eigenvalue weighted by molar-refractivity contribution is -0.00901. The maximum absolute atomic E-state index is 10.1. The van der Waals surface area contributed by atoms with Crippen LogP contribution in [0.25, 0.3) is 0 Å². The van der Waals surface area contributed by atoms with E-state index in [0.29, 0.717) is 13.1 Å². The van der Waals surface area contributed by atoms with Gasteiger partial charge in [-0.2, -0.15) is 0 Å². The lowest BCUT2D eigenvalue weighted by Gasteiger charge is -2.37. The van der Waals surface area contributed by atoms with Crippen molar-refractivity contribution in [3.05, 3.63) is 29.8 Å². The predicted molar refractivity (Wildman–Crippen MR) is 71.5 cm³/mol. The molecule has 0 atom stereocenters. The zero-order valence-electron chi connectivity index (χ0n) is 10.7. The molecule has 1 heterocycles. The van der Waals surface area contributed by atoms with Gasteiger partial charge >= 0.3 is 0 Å². The van der Waals surface area contributed by atoms with Crippen molar-refractivity contribution in [1.29, 1.82) is 0 Å². The highest BCUT2D eigenvalue weighted by Gasteiger charge is 2.33. The lowest BCUT2D eigenvalue weighted by atomic mass is 9.89. The average Bonchev–Trinajstić information content (AvgIpc) is 2.31. The molecule has 0 aliphatic carbocycles. The van der Waals surface area contributed by atoms with Crippen molar-refractivity contribution in [2.45, 2.75) is 25.9 Å². The highest BCUT2D eigenvalue weighted by Crippen LogP contribution is 2.20. The van der Waals surface area contributed by atoms with Crippen LogP contribution in [0.1, 0.15) is 19.4 Å². The number of β-amino-alcohol motifs (C(OH)–C–C–N with tert-alkyl or cyclic N) is 1. The summed E-state index contributed by atoms with van der Waals surface area (Å²) in [5, 5.41) is 13.2. The zero-order valence-corrected chi connectivity index (χ0v) is 10.7. The quantitative estimate of drug-likeness (QED) is 0.808. The molecular formula is C14H22N2O. The van der Waals surface area contributed by atoms with E-state index < -0.39 is 5.60 Å². The van der Waals surface area contributed by atoms with Gasteiger partial charge in [-0.25, -0.2) is 0 Å². The van der Waals surface area contributed by atoms with Crippen LogP contribution in [0.15, 0.2) is 24.3 Å². The van der Waals surface area contributed by atoms with E-state index >= 15 is 0 Å². The molecule has 0 saturated carbocycles. The van der Waals surface area contributed by atoms with Crippen molar-refractivity contribution in [3.8, 4) is 0 Å². The van der Waals surface area contributed by atoms with Crippen LogP contribution in [0.5, 0.6) is 0 Å². The summed E-state index contributed by atoms with van der Waals surface area (Å²) in [5.41, 5.74) is 1.96. The highest BCUT2D eigenvalue weighted by atomic mass is 16.3. The van der Waals surface area contributed by atoms with Crippen LogP contribution in [-0.2, 0) is 6.42 Å². The normalized spacial score (nSPS) is 17.6. The Morgan fingerprint density at radius 1 is 1.18 bits per heavy atom. The monoisotopic (exact) mass is 234 g/mol. The molecule has 0 aromatic heterocycles. The first-order chi connectivity index (χ1) is 8.17. The molecule has 2 rings (SSSR count). The molecule has 1 aromatic rings. The molecular weight excluding hydrogens is 212 g/mol. The van der Waals surface area contributed by atoms with Crippen LogP contribution in [0.4, 0.5) is 5.69 Å². The summed E-state index contributed by atoms with van der Waals surface area (Å²) in [7, 11) is 0. The molecule has 0 spiro atoms. The summed E-state index contributed by atoms with van der Waals surface area (Å²) >= 11 is 0. The molecule has 0 radical (unpaired) electrons. The van der Waals surface area contributed by atoms with E-state index in [1.807, 2.05) is 0 Å². The van der Waals surface area contributed by atoms with E-state index in [4.69, 9.17) is 0 Å². The van der Waals surface area contributed by atoms with Gasteiger partial charge in [-0.05, 0) is 31.5 Å². The SMILES string of the molecule is CCN(CC)c1ccc(CC2(O)CNC2)cc1. The second-order valence-corrected chi connectivity index (χ2v) is 4.84. The number of rotatable bonds is 5. The van der Waals surface area contributed by atoms with Crippen molar-refractivity contribution in [2.75, 3.05) is 31.1 Å². The minimum atomic E-state index is -0.517. The first-order valence-electron chi connectivity index (χ1n) is 6.44. The smallest absolute Gasteiger partial charge is 0.0935 e. The fourth-order valence-electron chi connectivity index (χ4n) is 2.33. The minimum Gasteiger partial charge on any atom is -0.387 e. The summed E-state index contributed by atoms with van der Waals surface area (Å²) in [5.74, 6) is 0. The average molecular weight is 234 g/mol. The molecule has 1 aliphatic heterocycles. The molecule has 3 nitrogen and oxygen atoms in total. The molecule has 1 aliphatic rings. The Balaban J connectivity index is 2.02. The van der Waals surface area contributed by atoms with E-state index in [9.17, 15) is 5.11 Å². The standard InChI is InChI=1S/C14H22N2O/c1-3-16(4-2)13-7-5-12(6-8-13)9-14(17)10-15-11-14/h5-8,15,17H,3-4,9-11H2,1-2H3. The van der Waals surface area contributed by atoms with E-state index in [0.717, 1.165) is 19.5 Å². The van der Waals surface area contributed by atoms with Gasteiger partial charge < -0.3 is 15.3 Å². The van der Waals surface area contributed by atoms with Crippen molar-refractivity contribution in [3.63, 3.8) is 0 Å². The predicted octanol–water partition coefficient (Wildman–Crippen LogP) is 1.41. The van der Waals surface area contributed by atoms with Crippen LogP contribution in [0.3, 0.4) is 0 Å². The molecule has 17 heavy (non-hydrogen) atoms. The fraction of sp³-hybridized carbons (Fsp3) is 0.571. The number of hydrogen-bond donors (Lipinski definition) is 2. The van der Waals surface area contributed by atoms with E-state index in [1.54, 1.807) is 0 Å². The first kappa shape index (κ1) is 12.4. The van der Waals surface area contributed by atoms with Crippen LogP contribution in [0, 0.1) is 0 Å². The van der Waals surface area contributed by atoms with Crippen molar-refractivity contribution >= 4 is 5.69 Å². The summed E-state index contributed by atoms with van der Waals surface area (Å²) < 4.78 is 0. The first-order valence-corrected chi connectivity index (χ1v) is 6.44. The number of benzene rings is 1. The van der Waals surface area contributed by atoms with Crippen molar-refractivity contribution < 1.29 is 5.11 Å². The third-order valence-electron chi connectivity index (χ3n) is 3.51. The van der Waals surface area contributed by atoms with Gasteiger partial charge in [0, 0.05) is 38.3 Å². The maximum atomic E-state index is 10.1. The summed E-state index contributed by atoms with van der Waals surface area (Å²) in [6, 6.07) is 8.56. The van der Waals surface area contributed by atoms with E-state index in [1.165, 1.54) is 11.3 Å². The fourth-order valence-corrected chi connectivity index (χ4v) is 2.33. The summed E-state index contributed by atoms with van der Waals surface area (Å²) in [6.45, 7) is 7.82. The van der Waals surface area contributed by atoms with Gasteiger partial charge in [-0.15, -0.1) is 0 Å². The third-order valence-corrected chi connectivity index (χ3v) is 3.51. The summed E-state index contributed by atoms with van der Waals surface area (Å²) in [4.78, 5) is 2.32. The molecule has 2 N–H and O–H groups in total. The Morgan fingerprint density at radius 2 is 1.76 bits per heavy atom. The van der Waals surface area contributed by atoms with Crippen LogP contribution >= 0.6 is 0 Å². The van der Waals surface area contributed by atoms with Gasteiger partial charge in [0.1, 0.15) is 0 Å². The Labute approximate surface area is 103 Å². The van der Waals surface area contributed by atoms with Crippen molar-refractivity contribution in [2.24, 2.45) is 0 Å². The number of nitrogens with zero attached hydrogens (tertiary/aromatic N) is 1. The van der Waals surface area contributed by atoms with Crippen LogP contribution in [0.2, 0.25) is 0 Å². The zero-order chi connectivity index (χ0) is 12.3. The number of hydrogen-bond acceptors (Lipinski definition) is 3. The van der Waals surface area contributed by atoms with Crippen LogP contribution in [-0.4, -0.2) is 36.9 Å². The molecule has 3 heteroatoms. The topological polar surface area (TPSA) is 35.5 Å². The number of nitrogens with one attached hydrogen (secondary N) is 1. The molecule has 1 aromatic carbocycles. The Kier molecular flexibility index (Phi) is 3.69. The van der Waals surface area contributed by atoms with Gasteiger partial charge in [0.25, 0.3) is 0 Å². The second-order valence-electron chi connectivity index (χ2n) is 4.84. The summed E-state index contributed by atoms with van der Waals surface area (Å²) in [6.07, 6.45) is 0.749. The largest absolute Gasteiger partial charge is 0.387 e. The third kappa shape index (κ3) is 2.79. The van der Waals surface area contributed by atoms with Gasteiger partial charge in [0.15, 0.2) is 0 Å². The van der Waals surface area contributed by atoms with Gasteiger partial charge in [-0.3, -0.25) is 0 Å². The highest BCUT2D eigenvalue weighted by molar-refractivity contribution is 5.47. The van der Waals surface area contributed by atoms with Gasteiger partial charge in [0.05, 0.1) is 5.60 Å². The van der Waals surface area contributed by atoms with E-state index in [2.05, 4.69) is 48.3 Å². The number of anilines is 1. The van der Waals surface area contributed by atoms with Crippen LogP contribution < -0.4 is 10.2 Å². The molecule has 0 unspecified atom stereocenters. The Hall–Kier alpha value is -1.06. The molecule has 0 bridgehead atoms. The maximum Gasteiger partial charge on any atom is 0.0935 e. The lowest BCUT2D eigenvalue weighted by Crippen LogP contribution is -2.60. The van der Waals surface area contributed by atoms with Gasteiger partial charge in [0.2, 0.25) is 0 Å². The van der Waals surface area contributed by atoms with Gasteiger partial charge in [-0.1, -0.05) is 12.1 Å². The molecule has 1 saturated heterocycles. The second kappa shape index (κ2) is 5.07. The minimum absolute atomic E-state index is 0.517. The van der Waals surface area contributed by atoms with Crippen molar-refractivity contribution in [1.82, 2.24) is 5.32 Å². The Morgan fingerprint density at radius 3 is 2.18 bits per heavy atom. The Bertz CT molecular complexity index is 353.